The van der Waals surface area contributed by atoms with E-state index < -0.39 is 0 Å². The first kappa shape index (κ1) is 17.1. The normalized spacial score (nSPS) is 10.3. The Morgan fingerprint density at radius 1 is 1.13 bits per heavy atom. The molecule has 0 heterocycles. The van der Waals surface area contributed by atoms with Crippen LogP contribution in [0.5, 0.6) is 5.75 Å². The second-order valence-corrected chi connectivity index (χ2v) is 5.52. The van der Waals surface area contributed by atoms with E-state index in [4.69, 9.17) is 16.3 Å². The predicted molar refractivity (Wildman–Crippen MR) is 88.2 cm³/mol. The number of amides is 2. The number of hydrogen-bond donors (Lipinski definition) is 2. The van der Waals surface area contributed by atoms with Crippen molar-refractivity contribution in [3.63, 3.8) is 0 Å². The third kappa shape index (κ3) is 5.14. The van der Waals surface area contributed by atoms with E-state index in [0.29, 0.717) is 17.3 Å². The lowest BCUT2D eigenvalue weighted by atomic mass is 10.1. The van der Waals surface area contributed by atoms with Gasteiger partial charge in [-0.3, -0.25) is 0 Å². The summed E-state index contributed by atoms with van der Waals surface area (Å²) in [6.45, 7) is 4.14. The van der Waals surface area contributed by atoms with Gasteiger partial charge in [-0.05, 0) is 54.8 Å². The summed E-state index contributed by atoms with van der Waals surface area (Å²) in [6, 6.07) is 9.20. The van der Waals surface area contributed by atoms with Crippen molar-refractivity contribution in [2.45, 2.75) is 20.4 Å². The number of ether oxygens (including phenoxy) is 1. The number of hydrogen-bond acceptors (Lipinski definition) is 2. The summed E-state index contributed by atoms with van der Waals surface area (Å²) in [7, 11) is 0. The van der Waals surface area contributed by atoms with Gasteiger partial charge < -0.3 is 15.4 Å². The van der Waals surface area contributed by atoms with Gasteiger partial charge in [-0.25, -0.2) is 9.18 Å². The lowest BCUT2D eigenvalue weighted by Gasteiger charge is -2.11. The fourth-order valence-corrected chi connectivity index (χ4v) is 2.13. The zero-order chi connectivity index (χ0) is 16.8. The topological polar surface area (TPSA) is 50.4 Å². The molecule has 0 unspecified atom stereocenters. The molecule has 0 bridgehead atoms. The molecule has 0 aliphatic rings. The van der Waals surface area contributed by atoms with E-state index in [-0.39, 0.29) is 18.6 Å². The van der Waals surface area contributed by atoms with Crippen molar-refractivity contribution >= 4 is 17.6 Å². The second kappa shape index (κ2) is 7.83. The summed E-state index contributed by atoms with van der Waals surface area (Å²) in [6.07, 6.45) is 0. The number of nitrogens with one attached hydrogen (secondary N) is 2. The van der Waals surface area contributed by atoms with Crippen LogP contribution in [0.15, 0.2) is 36.4 Å². The molecule has 122 valence electrons. The van der Waals surface area contributed by atoms with Crippen LogP contribution in [-0.2, 0) is 6.54 Å². The van der Waals surface area contributed by atoms with Crippen LogP contribution >= 0.6 is 11.6 Å². The van der Waals surface area contributed by atoms with Gasteiger partial charge in [0.1, 0.15) is 11.6 Å². The Hall–Kier alpha value is -2.27. The number of rotatable bonds is 5. The molecule has 0 radical (unpaired) electrons. The Morgan fingerprint density at radius 2 is 1.74 bits per heavy atom. The average Bonchev–Trinajstić information content (AvgIpc) is 2.52. The van der Waals surface area contributed by atoms with Crippen LogP contribution in [0.2, 0.25) is 5.02 Å². The smallest absolute Gasteiger partial charge is 0.317 e. The Bertz CT molecular complexity index is 666. The molecule has 2 aromatic rings. The third-order valence-corrected chi connectivity index (χ3v) is 3.84. The van der Waals surface area contributed by atoms with E-state index in [0.717, 1.165) is 16.7 Å². The van der Waals surface area contributed by atoms with Crippen LogP contribution in [0.25, 0.3) is 0 Å². The van der Waals surface area contributed by atoms with E-state index in [1.54, 1.807) is 12.1 Å². The van der Waals surface area contributed by atoms with Gasteiger partial charge in [0.15, 0.2) is 6.73 Å². The summed E-state index contributed by atoms with van der Waals surface area (Å²) < 4.78 is 18.3. The minimum Gasteiger partial charge on any atom is -0.473 e. The van der Waals surface area contributed by atoms with Crippen molar-refractivity contribution in [2.24, 2.45) is 0 Å². The summed E-state index contributed by atoms with van der Waals surface area (Å²) in [5.41, 5.74) is 2.65. The SMILES string of the molecule is Cc1cc(OCNC(=O)NCc2ccc(F)cc2)cc(C)c1Cl. The van der Waals surface area contributed by atoms with E-state index >= 15 is 0 Å². The lowest BCUT2D eigenvalue weighted by Crippen LogP contribution is -2.37. The Morgan fingerprint density at radius 3 is 2.35 bits per heavy atom. The molecule has 0 aliphatic heterocycles. The molecule has 2 rings (SSSR count). The molecule has 0 saturated heterocycles. The molecule has 4 nitrogen and oxygen atoms in total. The summed E-state index contributed by atoms with van der Waals surface area (Å²) in [5.74, 6) is 0.336. The molecule has 0 aliphatic carbocycles. The fourth-order valence-electron chi connectivity index (χ4n) is 2.02. The van der Waals surface area contributed by atoms with Crippen LogP contribution in [0.4, 0.5) is 9.18 Å². The van der Waals surface area contributed by atoms with Gasteiger partial charge in [-0.15, -0.1) is 0 Å². The summed E-state index contributed by atoms with van der Waals surface area (Å²) >= 11 is 6.08. The highest BCUT2D eigenvalue weighted by Gasteiger charge is 2.05. The van der Waals surface area contributed by atoms with Crippen LogP contribution in [0.3, 0.4) is 0 Å². The lowest BCUT2D eigenvalue weighted by molar-refractivity contribution is 0.223. The summed E-state index contributed by atoms with van der Waals surface area (Å²) in [5, 5.41) is 5.96. The first-order chi connectivity index (χ1) is 11.0. The maximum Gasteiger partial charge on any atom is 0.317 e. The third-order valence-electron chi connectivity index (χ3n) is 3.25. The molecule has 0 saturated carbocycles. The molecule has 23 heavy (non-hydrogen) atoms. The van der Waals surface area contributed by atoms with Gasteiger partial charge in [-0.1, -0.05) is 23.7 Å². The standard InChI is InChI=1S/C17H18ClFN2O2/c1-11-7-15(8-12(2)16(11)18)23-10-21-17(22)20-9-13-3-5-14(19)6-4-13/h3-8H,9-10H2,1-2H3,(H2,20,21,22). The van der Waals surface area contributed by atoms with E-state index in [1.165, 1.54) is 12.1 Å². The van der Waals surface area contributed by atoms with Gasteiger partial charge in [0, 0.05) is 11.6 Å². The molecule has 6 heteroatoms. The molecule has 0 aromatic heterocycles. The van der Waals surface area contributed by atoms with E-state index in [1.807, 2.05) is 26.0 Å². The van der Waals surface area contributed by atoms with Gasteiger partial charge in [0.2, 0.25) is 0 Å². The molecule has 2 N–H and O–H groups in total. The molecule has 0 fully saturated rings. The summed E-state index contributed by atoms with van der Waals surface area (Å²) in [4.78, 5) is 11.7. The van der Waals surface area contributed by atoms with Crippen LogP contribution < -0.4 is 15.4 Å². The second-order valence-electron chi connectivity index (χ2n) is 5.15. The number of halogens is 2. The van der Waals surface area contributed by atoms with Crippen molar-refractivity contribution in [3.8, 4) is 5.75 Å². The molecule has 2 amide bonds. The van der Waals surface area contributed by atoms with Crippen molar-refractivity contribution in [3.05, 3.63) is 63.9 Å². The monoisotopic (exact) mass is 336 g/mol. The fraction of sp³-hybridized carbons (Fsp3) is 0.235. The molecular formula is C17H18ClFN2O2. The number of urea groups is 1. The van der Waals surface area contributed by atoms with Crippen LogP contribution in [0.1, 0.15) is 16.7 Å². The Labute approximate surface area is 139 Å². The molecule has 0 atom stereocenters. The number of aryl methyl sites for hydroxylation is 2. The van der Waals surface area contributed by atoms with Gasteiger partial charge in [-0.2, -0.15) is 0 Å². The number of benzene rings is 2. The van der Waals surface area contributed by atoms with Gasteiger partial charge >= 0.3 is 6.03 Å². The molecule has 0 spiro atoms. The molecule has 2 aromatic carbocycles. The van der Waals surface area contributed by atoms with E-state index in [2.05, 4.69) is 10.6 Å². The first-order valence-corrected chi connectivity index (χ1v) is 7.49. The maximum absolute atomic E-state index is 12.8. The number of carbonyl (C=O) groups is 1. The predicted octanol–water partition coefficient (Wildman–Crippen LogP) is 3.93. The Kier molecular flexibility index (Phi) is 5.82. The largest absolute Gasteiger partial charge is 0.473 e. The minimum absolute atomic E-state index is 0.0375. The quantitative estimate of drug-likeness (QED) is 0.813. The van der Waals surface area contributed by atoms with Crippen LogP contribution in [-0.4, -0.2) is 12.8 Å². The number of carbonyl (C=O) groups excluding carboxylic acids is 1. The zero-order valence-electron chi connectivity index (χ0n) is 13.0. The molecular weight excluding hydrogens is 319 g/mol. The van der Waals surface area contributed by atoms with Crippen molar-refractivity contribution in [2.75, 3.05) is 6.73 Å². The highest BCUT2D eigenvalue weighted by molar-refractivity contribution is 6.32. The highest BCUT2D eigenvalue weighted by atomic mass is 35.5. The van der Waals surface area contributed by atoms with Crippen molar-refractivity contribution in [1.29, 1.82) is 0 Å². The van der Waals surface area contributed by atoms with Crippen molar-refractivity contribution < 1.29 is 13.9 Å². The zero-order valence-corrected chi connectivity index (χ0v) is 13.7. The highest BCUT2D eigenvalue weighted by Crippen LogP contribution is 2.25. The van der Waals surface area contributed by atoms with E-state index in [9.17, 15) is 9.18 Å². The average molecular weight is 337 g/mol. The van der Waals surface area contributed by atoms with Crippen molar-refractivity contribution in [1.82, 2.24) is 10.6 Å². The first-order valence-electron chi connectivity index (χ1n) is 7.11. The Balaban J connectivity index is 1.75. The van der Waals surface area contributed by atoms with Gasteiger partial charge in [0.05, 0.1) is 0 Å². The maximum atomic E-state index is 12.8. The minimum atomic E-state index is -0.364. The van der Waals surface area contributed by atoms with Crippen LogP contribution in [0, 0.1) is 19.7 Å². The van der Waals surface area contributed by atoms with Gasteiger partial charge in [0.25, 0.3) is 0 Å².